The summed E-state index contributed by atoms with van der Waals surface area (Å²) in [7, 11) is 0. The molecule has 5 unspecified atom stereocenters. The molecule has 0 saturated carbocycles. The Balaban J connectivity index is 1.40. The maximum absolute atomic E-state index is 13.9. The lowest BCUT2D eigenvalue weighted by Crippen LogP contribution is -2.65. The molecule has 3 aliphatic rings. The van der Waals surface area contributed by atoms with Gasteiger partial charge < -0.3 is 9.84 Å². The van der Waals surface area contributed by atoms with Crippen LogP contribution in [0.4, 0.5) is 26.3 Å². The molecule has 3 saturated heterocycles. The van der Waals surface area contributed by atoms with E-state index in [0.717, 1.165) is 23.3 Å². The second kappa shape index (κ2) is 11.9. The Bertz CT molecular complexity index is 1610. The highest BCUT2D eigenvalue weighted by Crippen LogP contribution is 2.46. The quantitative estimate of drug-likeness (QED) is 0.245. The molecule has 8 nitrogen and oxygen atoms in total. The lowest BCUT2D eigenvalue weighted by Gasteiger charge is -2.55. The van der Waals surface area contributed by atoms with E-state index in [2.05, 4.69) is 20.4 Å². The Morgan fingerprint density at radius 2 is 1.58 bits per heavy atom. The van der Waals surface area contributed by atoms with Gasteiger partial charge in [0.15, 0.2) is 0 Å². The predicted octanol–water partition coefficient (Wildman–Crippen LogP) is 5.82. The number of tetrazole rings is 1. The van der Waals surface area contributed by atoms with Crippen molar-refractivity contribution in [3.63, 3.8) is 0 Å². The first-order valence-electron chi connectivity index (χ1n) is 14.2. The lowest BCUT2D eigenvalue weighted by molar-refractivity contribution is -0.172. The van der Waals surface area contributed by atoms with Gasteiger partial charge in [0.25, 0.3) is 5.82 Å². The van der Waals surface area contributed by atoms with Crippen molar-refractivity contribution in [3.8, 4) is 5.69 Å². The van der Waals surface area contributed by atoms with Crippen LogP contribution in [0.15, 0.2) is 78.9 Å². The highest BCUT2D eigenvalue weighted by atomic mass is 19.4. The van der Waals surface area contributed by atoms with Crippen LogP contribution in [0.5, 0.6) is 0 Å². The predicted molar refractivity (Wildman–Crippen MR) is 147 cm³/mol. The normalized spacial score (nSPS) is 23.4. The molecule has 4 heterocycles. The highest BCUT2D eigenvalue weighted by molar-refractivity contribution is 5.71. The molecule has 3 fully saturated rings. The van der Waals surface area contributed by atoms with Gasteiger partial charge in [-0.15, -0.1) is 5.10 Å². The number of hydrogen-bond acceptors (Lipinski definition) is 6. The van der Waals surface area contributed by atoms with Gasteiger partial charge in [0, 0.05) is 24.4 Å². The first-order valence-corrected chi connectivity index (χ1v) is 14.2. The first kappa shape index (κ1) is 30.7. The average molecular weight is 632 g/mol. The summed E-state index contributed by atoms with van der Waals surface area (Å²) in [4.78, 5) is 14.4. The second-order valence-electron chi connectivity index (χ2n) is 11.3. The summed E-state index contributed by atoms with van der Waals surface area (Å²) >= 11 is 0. The van der Waals surface area contributed by atoms with Crippen LogP contribution < -0.4 is 0 Å². The molecule has 7 rings (SSSR count). The molecule has 4 aromatic rings. The number of rotatable bonds is 8. The van der Waals surface area contributed by atoms with Gasteiger partial charge in [-0.3, -0.25) is 9.69 Å². The number of piperidine rings is 3. The van der Waals surface area contributed by atoms with Gasteiger partial charge in [-0.05, 0) is 58.3 Å². The Morgan fingerprint density at radius 3 is 2.16 bits per heavy atom. The number of nitrogens with zero attached hydrogens (tertiary/aromatic N) is 5. The van der Waals surface area contributed by atoms with Crippen LogP contribution in [0.1, 0.15) is 40.4 Å². The number of carboxylic acid groups (broad SMARTS) is 1. The first-order chi connectivity index (χ1) is 21.4. The molecule has 236 valence electrons. The summed E-state index contributed by atoms with van der Waals surface area (Å²) in [5.74, 6) is -4.05. The number of aromatic nitrogens is 4. The zero-order valence-electron chi connectivity index (χ0n) is 23.5. The van der Waals surface area contributed by atoms with Crippen molar-refractivity contribution in [3.05, 3.63) is 107 Å². The fraction of sp³-hybridized carbons (Fsp3) is 0.355. The molecule has 0 radical (unpaired) electrons. The smallest absolute Gasteiger partial charge is 0.453 e. The second-order valence-corrected chi connectivity index (χ2v) is 11.3. The Morgan fingerprint density at radius 1 is 0.933 bits per heavy atom. The zero-order chi connectivity index (χ0) is 31.9. The minimum Gasteiger partial charge on any atom is -0.481 e. The number of carbonyl (C=O) groups is 1. The van der Waals surface area contributed by atoms with Crippen LogP contribution in [-0.4, -0.2) is 61.4 Å². The Kier molecular flexibility index (Phi) is 8.12. The van der Waals surface area contributed by atoms with E-state index in [1.807, 2.05) is 60.7 Å². The fourth-order valence-electron chi connectivity index (χ4n) is 6.69. The molecule has 5 atom stereocenters. The maximum Gasteiger partial charge on any atom is 0.453 e. The van der Waals surface area contributed by atoms with Crippen molar-refractivity contribution in [1.82, 2.24) is 25.1 Å². The van der Waals surface area contributed by atoms with E-state index in [4.69, 9.17) is 4.74 Å². The van der Waals surface area contributed by atoms with Crippen LogP contribution in [-0.2, 0) is 28.5 Å². The third kappa shape index (κ3) is 6.16. The van der Waals surface area contributed by atoms with E-state index in [1.165, 1.54) is 0 Å². The van der Waals surface area contributed by atoms with Gasteiger partial charge in [-0.25, -0.2) is 0 Å². The monoisotopic (exact) mass is 631 g/mol. The van der Waals surface area contributed by atoms with E-state index < -0.39 is 59.9 Å². The van der Waals surface area contributed by atoms with Crippen LogP contribution in [0.25, 0.3) is 5.69 Å². The molecular weight excluding hydrogens is 604 g/mol. The highest BCUT2D eigenvalue weighted by Gasteiger charge is 2.53. The fourth-order valence-corrected chi connectivity index (χ4v) is 6.69. The van der Waals surface area contributed by atoms with Crippen molar-refractivity contribution in [1.29, 1.82) is 0 Å². The summed E-state index contributed by atoms with van der Waals surface area (Å²) in [6, 6.07) is 21.3. The Labute approximate surface area is 253 Å². The van der Waals surface area contributed by atoms with Crippen LogP contribution in [0.3, 0.4) is 0 Å². The van der Waals surface area contributed by atoms with Crippen molar-refractivity contribution in [2.24, 2.45) is 11.8 Å². The summed E-state index contributed by atoms with van der Waals surface area (Å²) in [5, 5.41) is 19.3. The van der Waals surface area contributed by atoms with E-state index in [1.54, 1.807) is 0 Å². The van der Waals surface area contributed by atoms with Crippen molar-refractivity contribution >= 4 is 5.97 Å². The number of alkyl halides is 6. The van der Waals surface area contributed by atoms with E-state index in [0.29, 0.717) is 19.0 Å². The maximum atomic E-state index is 13.9. The summed E-state index contributed by atoms with van der Waals surface area (Å²) in [5.41, 5.74) is 0.105. The average Bonchev–Trinajstić information content (AvgIpc) is 3.53. The SMILES string of the molecule is O=C(O)C1CN2CCC1C(OCc1cc(-n3nnnc3C(F)(F)F)cc(C(F)(F)F)c1)C2C(c1ccccc1)c1ccccc1. The van der Waals surface area contributed by atoms with Crippen LogP contribution in [0, 0.1) is 11.8 Å². The van der Waals surface area contributed by atoms with Gasteiger partial charge in [0.05, 0.1) is 29.9 Å². The van der Waals surface area contributed by atoms with E-state index >= 15 is 0 Å². The molecule has 0 aliphatic carbocycles. The molecule has 3 aromatic carbocycles. The number of aliphatic carboxylic acids is 1. The van der Waals surface area contributed by atoms with E-state index in [9.17, 15) is 36.2 Å². The standard InChI is InChI=1S/C31H27F6N5O3/c32-30(33,34)21-13-18(14-22(15-21)42-29(31(35,36)37)38-39-40-42)17-45-27-23-11-12-41(16-24(23)28(43)44)26(27)25(19-7-3-1-4-8-19)20-9-5-2-6-10-20/h1-10,13-15,23-27H,11-12,16-17H2,(H,43,44). The van der Waals surface area contributed by atoms with Crippen molar-refractivity contribution < 1.29 is 41.0 Å². The van der Waals surface area contributed by atoms with Gasteiger partial charge in [0.2, 0.25) is 0 Å². The molecule has 0 amide bonds. The molecule has 3 aliphatic heterocycles. The minimum atomic E-state index is -5.02. The van der Waals surface area contributed by atoms with Gasteiger partial charge >= 0.3 is 18.3 Å². The topological polar surface area (TPSA) is 93.4 Å². The summed E-state index contributed by atoms with van der Waals surface area (Å²) in [6.07, 6.45) is -10.1. The molecule has 1 N–H and O–H groups in total. The number of fused-ring (bicyclic) bond motifs is 3. The number of benzene rings is 3. The summed E-state index contributed by atoms with van der Waals surface area (Å²) < 4.78 is 88.9. The lowest BCUT2D eigenvalue weighted by atomic mass is 9.68. The third-order valence-electron chi connectivity index (χ3n) is 8.57. The van der Waals surface area contributed by atoms with Gasteiger partial charge in [-0.1, -0.05) is 60.7 Å². The molecule has 2 bridgehead atoms. The van der Waals surface area contributed by atoms with Crippen LogP contribution in [0.2, 0.25) is 0 Å². The molecule has 1 aromatic heterocycles. The summed E-state index contributed by atoms with van der Waals surface area (Å²) in [6.45, 7) is 0.477. The van der Waals surface area contributed by atoms with Crippen molar-refractivity contribution in [2.45, 2.75) is 43.4 Å². The number of halogens is 6. The molecule has 14 heteroatoms. The zero-order valence-corrected chi connectivity index (χ0v) is 23.5. The molecule has 0 spiro atoms. The number of ether oxygens (including phenoxy) is 1. The molecule has 45 heavy (non-hydrogen) atoms. The molecular formula is C31H27F6N5O3. The minimum absolute atomic E-state index is 0.0681. The van der Waals surface area contributed by atoms with Gasteiger partial charge in [0.1, 0.15) is 0 Å². The van der Waals surface area contributed by atoms with E-state index in [-0.39, 0.29) is 28.7 Å². The van der Waals surface area contributed by atoms with Crippen LogP contribution >= 0.6 is 0 Å². The third-order valence-corrected chi connectivity index (χ3v) is 8.57. The van der Waals surface area contributed by atoms with Crippen molar-refractivity contribution in [2.75, 3.05) is 13.1 Å². The number of carboxylic acids is 1. The number of hydrogen-bond donors (Lipinski definition) is 1. The Hall–Kier alpha value is -4.30. The van der Waals surface area contributed by atoms with Gasteiger partial charge in [-0.2, -0.15) is 31.0 Å². The largest absolute Gasteiger partial charge is 0.481 e.